The molecule has 4 aliphatic carbocycles. The highest BCUT2D eigenvalue weighted by Gasteiger charge is 2.56. The first-order valence-electron chi connectivity index (χ1n) is 19.2. The summed E-state index contributed by atoms with van der Waals surface area (Å²) in [6.07, 6.45) is -4.12. The highest BCUT2D eigenvalue weighted by atomic mass is 19.4. The predicted octanol–water partition coefficient (Wildman–Crippen LogP) is 9.06. The summed E-state index contributed by atoms with van der Waals surface area (Å²) < 4.78 is 119. The van der Waals surface area contributed by atoms with Crippen molar-refractivity contribution in [2.75, 3.05) is 13.6 Å². The Balaban J connectivity index is 1.19. The van der Waals surface area contributed by atoms with Crippen LogP contribution in [0.5, 0.6) is 5.75 Å². The standard InChI is InChI=1S/C39H45F8N5O4/c1-21-13-22-15-23(14-21)37(17-22,35(54)55)50-34(53)29-18-48-33(49-32(29)39(45,46)47)30-19-52(25-9-11-36(40,41)12-10-25)31-16-27(7-8-28(30)31)56-26-5-3-24(4-6-26)51(2)20-38(42,43)44/h7-8,16,18-19,21-26H,3-6,9-15,17,20H2,1-2H3,(H,50,53)(H,54,55)/t21?,22?,23?,24-,26+,37?. The Morgan fingerprint density at radius 1 is 1.02 bits per heavy atom. The van der Waals surface area contributed by atoms with Gasteiger partial charge in [-0.15, -0.1) is 0 Å². The molecule has 2 bridgehead atoms. The molecular weight excluding hydrogens is 754 g/mol. The minimum Gasteiger partial charge on any atom is -0.490 e. The number of carbonyl (C=O) groups is 2. The van der Waals surface area contributed by atoms with Gasteiger partial charge in [0, 0.05) is 54.3 Å². The molecule has 4 unspecified atom stereocenters. The van der Waals surface area contributed by atoms with Gasteiger partial charge in [-0.3, -0.25) is 9.69 Å². The number of ether oxygens (including phenoxy) is 1. The number of carboxylic acids is 1. The van der Waals surface area contributed by atoms with Crippen molar-refractivity contribution < 1.29 is 54.6 Å². The molecule has 0 radical (unpaired) electrons. The third-order valence-corrected chi connectivity index (χ3v) is 12.5. The van der Waals surface area contributed by atoms with Crippen molar-refractivity contribution in [2.24, 2.45) is 17.8 Å². The molecule has 0 aliphatic heterocycles. The molecule has 306 valence electrons. The molecule has 4 atom stereocenters. The van der Waals surface area contributed by atoms with Crippen LogP contribution in [0.2, 0.25) is 0 Å². The van der Waals surface area contributed by atoms with Crippen molar-refractivity contribution in [3.63, 3.8) is 0 Å². The predicted molar refractivity (Wildman–Crippen MR) is 188 cm³/mol. The number of fused-ring (bicyclic) bond motifs is 3. The fraction of sp³-hybridized carbons (Fsp3) is 0.641. The average Bonchev–Trinajstić information content (AvgIpc) is 3.61. The van der Waals surface area contributed by atoms with Gasteiger partial charge in [0.25, 0.3) is 5.91 Å². The number of aliphatic carboxylic acids is 1. The summed E-state index contributed by atoms with van der Waals surface area (Å²) in [5.41, 5.74) is -3.53. The van der Waals surface area contributed by atoms with Crippen LogP contribution >= 0.6 is 0 Å². The van der Waals surface area contributed by atoms with Gasteiger partial charge in [-0.2, -0.15) is 26.3 Å². The third kappa shape index (κ3) is 8.19. The number of nitrogens with one attached hydrogen (secondary N) is 1. The number of alkyl halides is 8. The van der Waals surface area contributed by atoms with Crippen molar-refractivity contribution in [2.45, 2.75) is 126 Å². The highest BCUT2D eigenvalue weighted by Crippen LogP contribution is 2.51. The van der Waals surface area contributed by atoms with Crippen LogP contribution < -0.4 is 10.1 Å². The first-order valence-corrected chi connectivity index (χ1v) is 19.2. The summed E-state index contributed by atoms with van der Waals surface area (Å²) in [4.78, 5) is 35.6. The maximum absolute atomic E-state index is 14.7. The molecule has 9 nitrogen and oxygen atoms in total. The summed E-state index contributed by atoms with van der Waals surface area (Å²) in [5, 5.41) is 13.2. The van der Waals surface area contributed by atoms with E-state index in [-0.39, 0.29) is 67.5 Å². The molecule has 1 aromatic carbocycles. The number of aromatic nitrogens is 3. The molecule has 2 aromatic heterocycles. The van der Waals surface area contributed by atoms with Gasteiger partial charge in [0.05, 0.1) is 23.7 Å². The molecule has 4 aliphatic rings. The Labute approximate surface area is 318 Å². The molecule has 1 amide bonds. The number of halogens is 8. The van der Waals surface area contributed by atoms with E-state index in [2.05, 4.69) is 15.3 Å². The van der Waals surface area contributed by atoms with Crippen molar-refractivity contribution >= 4 is 22.8 Å². The van der Waals surface area contributed by atoms with Crippen molar-refractivity contribution in [3.05, 3.63) is 41.9 Å². The smallest absolute Gasteiger partial charge is 0.434 e. The lowest BCUT2D eigenvalue weighted by molar-refractivity contribution is -0.149. The van der Waals surface area contributed by atoms with Gasteiger partial charge in [0.2, 0.25) is 5.92 Å². The summed E-state index contributed by atoms with van der Waals surface area (Å²) in [6, 6.07) is 4.21. The van der Waals surface area contributed by atoms with Crippen LogP contribution in [0.15, 0.2) is 30.6 Å². The van der Waals surface area contributed by atoms with Crippen LogP contribution in [0, 0.1) is 17.8 Å². The SMILES string of the molecule is CC1CC2CC(C1)C(NC(=O)c1cnc(-c3cn(C4CCC(F)(F)CC4)c4cc(O[C@H]5CC[C@@H](N(C)CC(F)(F)F)CC5)ccc34)nc1C(F)(F)F)(C(=O)O)C2. The largest absolute Gasteiger partial charge is 0.490 e. The van der Waals surface area contributed by atoms with Crippen molar-refractivity contribution in [1.82, 2.24) is 24.8 Å². The Hall–Kier alpha value is -4.02. The zero-order valence-corrected chi connectivity index (χ0v) is 31.0. The van der Waals surface area contributed by atoms with E-state index in [0.717, 1.165) is 12.6 Å². The van der Waals surface area contributed by atoms with Crippen LogP contribution in [0.3, 0.4) is 0 Å². The Bertz CT molecular complexity index is 1950. The number of carbonyl (C=O) groups excluding carboxylic acids is 1. The molecule has 0 saturated heterocycles. The molecule has 4 saturated carbocycles. The van der Waals surface area contributed by atoms with Crippen LogP contribution in [0.25, 0.3) is 22.3 Å². The van der Waals surface area contributed by atoms with E-state index in [4.69, 9.17) is 4.74 Å². The van der Waals surface area contributed by atoms with Crippen LogP contribution in [0.4, 0.5) is 35.1 Å². The number of hydrogen-bond acceptors (Lipinski definition) is 6. The first kappa shape index (κ1) is 40.2. The molecular formula is C39H45F8N5O4. The monoisotopic (exact) mass is 799 g/mol. The minimum atomic E-state index is -5.13. The van der Waals surface area contributed by atoms with Gasteiger partial charge in [0.1, 0.15) is 11.3 Å². The fourth-order valence-corrected chi connectivity index (χ4v) is 9.86. The second kappa shape index (κ2) is 14.7. The molecule has 17 heteroatoms. The number of benzene rings is 1. The number of rotatable bonds is 9. The van der Waals surface area contributed by atoms with E-state index in [9.17, 15) is 49.8 Å². The van der Waals surface area contributed by atoms with E-state index in [1.54, 1.807) is 22.8 Å². The van der Waals surface area contributed by atoms with Gasteiger partial charge >= 0.3 is 18.3 Å². The number of nitrogens with zero attached hydrogens (tertiary/aromatic N) is 4. The van der Waals surface area contributed by atoms with Gasteiger partial charge in [0.15, 0.2) is 11.5 Å². The quantitative estimate of drug-likeness (QED) is 0.208. The second-order valence-electron chi connectivity index (χ2n) is 16.6. The molecule has 56 heavy (non-hydrogen) atoms. The Kier molecular flexibility index (Phi) is 10.6. The average molecular weight is 800 g/mol. The van der Waals surface area contributed by atoms with Gasteiger partial charge in [-0.05, 0) is 101 Å². The van der Waals surface area contributed by atoms with Crippen molar-refractivity contribution in [3.8, 4) is 17.1 Å². The normalized spacial score (nSPS) is 28.4. The number of amides is 1. The van der Waals surface area contributed by atoms with E-state index in [1.165, 1.54) is 18.1 Å². The van der Waals surface area contributed by atoms with E-state index in [1.807, 2.05) is 6.92 Å². The van der Waals surface area contributed by atoms with Gasteiger partial charge < -0.3 is 19.7 Å². The highest BCUT2D eigenvalue weighted by molar-refractivity contribution is 6.00. The van der Waals surface area contributed by atoms with Gasteiger partial charge in [-0.25, -0.2) is 23.5 Å². The lowest BCUT2D eigenvalue weighted by Crippen LogP contribution is -2.57. The molecule has 2 N–H and O–H groups in total. The minimum absolute atomic E-state index is 0.0214. The number of hydrogen-bond donors (Lipinski definition) is 2. The molecule has 0 spiro atoms. The zero-order chi connectivity index (χ0) is 40.4. The fourth-order valence-electron chi connectivity index (χ4n) is 9.86. The second-order valence-corrected chi connectivity index (χ2v) is 16.6. The zero-order valence-electron chi connectivity index (χ0n) is 31.0. The molecule has 7 rings (SSSR count). The van der Waals surface area contributed by atoms with Crippen LogP contribution in [-0.2, 0) is 11.0 Å². The molecule has 4 fully saturated rings. The lowest BCUT2D eigenvalue weighted by atomic mass is 9.78. The molecule has 3 aromatic rings. The summed E-state index contributed by atoms with van der Waals surface area (Å²) in [5.74, 6) is -5.55. The maximum Gasteiger partial charge on any atom is 0.434 e. The van der Waals surface area contributed by atoms with Crippen molar-refractivity contribution in [1.29, 1.82) is 0 Å². The first-order chi connectivity index (χ1) is 26.2. The Morgan fingerprint density at radius 2 is 1.71 bits per heavy atom. The summed E-state index contributed by atoms with van der Waals surface area (Å²) >= 11 is 0. The third-order valence-electron chi connectivity index (χ3n) is 12.5. The molecule has 2 heterocycles. The van der Waals surface area contributed by atoms with Crippen LogP contribution in [-0.4, -0.2) is 79.8 Å². The van der Waals surface area contributed by atoms with E-state index < -0.39 is 65.5 Å². The topological polar surface area (TPSA) is 110 Å². The Morgan fingerprint density at radius 3 is 2.36 bits per heavy atom. The summed E-state index contributed by atoms with van der Waals surface area (Å²) in [7, 11) is 1.44. The lowest BCUT2D eigenvalue weighted by Gasteiger charge is -2.35. The van der Waals surface area contributed by atoms with Gasteiger partial charge in [-0.1, -0.05) is 6.92 Å². The van der Waals surface area contributed by atoms with Crippen LogP contribution in [0.1, 0.15) is 106 Å². The number of carboxylic acid groups (broad SMARTS) is 1. The van der Waals surface area contributed by atoms with E-state index >= 15 is 0 Å². The maximum atomic E-state index is 14.7. The summed E-state index contributed by atoms with van der Waals surface area (Å²) in [6.45, 7) is 0.974. The van der Waals surface area contributed by atoms with E-state index in [0.29, 0.717) is 55.2 Å².